The zero-order chi connectivity index (χ0) is 12.6. The highest BCUT2D eigenvalue weighted by Crippen LogP contribution is 2.04. The van der Waals surface area contributed by atoms with Crippen molar-refractivity contribution in [2.75, 3.05) is 39.6 Å². The molecule has 0 aliphatic rings. The molecule has 0 aromatic rings. The number of hydrogen-bond acceptors (Lipinski definition) is 3. The van der Waals surface area contributed by atoms with Gasteiger partial charge in [0.2, 0.25) is 0 Å². The van der Waals surface area contributed by atoms with E-state index >= 15 is 0 Å². The van der Waals surface area contributed by atoms with Gasteiger partial charge in [0.1, 0.15) is 0 Å². The molecule has 17 heavy (non-hydrogen) atoms. The van der Waals surface area contributed by atoms with Gasteiger partial charge in [0, 0.05) is 13.2 Å². The minimum atomic E-state index is 0.675. The van der Waals surface area contributed by atoms with Crippen molar-refractivity contribution in [1.82, 2.24) is 0 Å². The Morgan fingerprint density at radius 2 is 1.06 bits per heavy atom. The number of rotatable bonds is 14. The van der Waals surface area contributed by atoms with Crippen LogP contribution >= 0.6 is 0 Å². The van der Waals surface area contributed by atoms with Gasteiger partial charge < -0.3 is 14.2 Å². The molecule has 0 aliphatic heterocycles. The molecule has 0 atom stereocenters. The first-order chi connectivity index (χ1) is 8.41. The summed E-state index contributed by atoms with van der Waals surface area (Å²) < 4.78 is 16.0. The van der Waals surface area contributed by atoms with Crippen LogP contribution in [0.25, 0.3) is 0 Å². The Kier molecular flexibility index (Phi) is 15.8. The maximum absolute atomic E-state index is 5.48. The van der Waals surface area contributed by atoms with Crippen molar-refractivity contribution in [1.29, 1.82) is 0 Å². The molecule has 0 spiro atoms. The molecule has 0 fully saturated rings. The van der Waals surface area contributed by atoms with Crippen molar-refractivity contribution in [3.8, 4) is 0 Å². The third kappa shape index (κ3) is 15.9. The molecule has 0 saturated heterocycles. The summed E-state index contributed by atoms with van der Waals surface area (Å²) in [7, 11) is 0. The quantitative estimate of drug-likeness (QED) is 0.440. The normalized spacial score (nSPS) is 10.9. The highest BCUT2D eigenvalue weighted by molar-refractivity contribution is 4.43. The summed E-state index contributed by atoms with van der Waals surface area (Å²) in [6, 6.07) is 0. The van der Waals surface area contributed by atoms with Gasteiger partial charge in [-0.05, 0) is 13.3 Å². The molecule has 104 valence electrons. The molecule has 3 nitrogen and oxygen atoms in total. The maximum Gasteiger partial charge on any atom is 0.0701 e. The lowest BCUT2D eigenvalue weighted by molar-refractivity contribution is 0.0162. The summed E-state index contributed by atoms with van der Waals surface area (Å²) in [5, 5.41) is 0. The first-order valence-corrected chi connectivity index (χ1v) is 7.15. The van der Waals surface area contributed by atoms with Crippen LogP contribution in [0.4, 0.5) is 0 Å². The second-order valence-electron chi connectivity index (χ2n) is 4.19. The van der Waals surface area contributed by atoms with Crippen molar-refractivity contribution in [3.05, 3.63) is 0 Å². The molecule has 0 heterocycles. The van der Waals surface area contributed by atoms with Gasteiger partial charge in [-0.1, -0.05) is 39.0 Å². The summed E-state index contributed by atoms with van der Waals surface area (Å²) in [6.45, 7) is 8.63. The molecule has 0 unspecified atom stereocenters. The van der Waals surface area contributed by atoms with Crippen LogP contribution in [-0.2, 0) is 14.2 Å². The monoisotopic (exact) mass is 246 g/mol. The van der Waals surface area contributed by atoms with E-state index in [1.54, 1.807) is 0 Å². The maximum atomic E-state index is 5.48. The Morgan fingerprint density at radius 1 is 0.529 bits per heavy atom. The van der Waals surface area contributed by atoms with E-state index in [9.17, 15) is 0 Å². The zero-order valence-electron chi connectivity index (χ0n) is 11.7. The standard InChI is InChI=1S/C14H30O3/c1-3-5-6-7-8-9-10-16-13-14-17-12-11-15-4-2/h3-14H2,1-2H3. The van der Waals surface area contributed by atoms with Crippen LogP contribution in [0.15, 0.2) is 0 Å². The van der Waals surface area contributed by atoms with E-state index in [1.807, 2.05) is 6.92 Å². The first kappa shape index (κ1) is 16.9. The van der Waals surface area contributed by atoms with Gasteiger partial charge >= 0.3 is 0 Å². The van der Waals surface area contributed by atoms with E-state index in [2.05, 4.69) is 6.92 Å². The highest BCUT2D eigenvalue weighted by Gasteiger charge is 1.92. The van der Waals surface area contributed by atoms with Crippen LogP contribution < -0.4 is 0 Å². The molecule has 0 saturated carbocycles. The summed E-state index contributed by atoms with van der Waals surface area (Å²) >= 11 is 0. The van der Waals surface area contributed by atoms with Crippen molar-refractivity contribution >= 4 is 0 Å². The number of ether oxygens (including phenoxy) is 3. The summed E-state index contributed by atoms with van der Waals surface area (Å²) in [5.74, 6) is 0. The molecule has 0 aromatic heterocycles. The molecular formula is C14H30O3. The topological polar surface area (TPSA) is 27.7 Å². The molecular weight excluding hydrogens is 216 g/mol. The molecule has 0 amide bonds. The van der Waals surface area contributed by atoms with Crippen LogP contribution in [0, 0.1) is 0 Å². The van der Waals surface area contributed by atoms with Crippen LogP contribution in [0.5, 0.6) is 0 Å². The van der Waals surface area contributed by atoms with Crippen LogP contribution in [0.1, 0.15) is 52.4 Å². The molecule has 3 heteroatoms. The summed E-state index contributed by atoms with van der Waals surface area (Å²) in [4.78, 5) is 0. The summed E-state index contributed by atoms with van der Waals surface area (Å²) in [5.41, 5.74) is 0. The zero-order valence-corrected chi connectivity index (χ0v) is 11.7. The minimum absolute atomic E-state index is 0.675. The van der Waals surface area contributed by atoms with E-state index < -0.39 is 0 Å². The minimum Gasteiger partial charge on any atom is -0.379 e. The molecule has 0 N–H and O–H groups in total. The Morgan fingerprint density at radius 3 is 1.71 bits per heavy atom. The second kappa shape index (κ2) is 15.9. The SMILES string of the molecule is CCCCCCCCOCCOCCOCC. The fourth-order valence-electron chi connectivity index (χ4n) is 1.57. The van der Waals surface area contributed by atoms with Gasteiger partial charge in [0.05, 0.1) is 26.4 Å². The van der Waals surface area contributed by atoms with E-state index in [4.69, 9.17) is 14.2 Å². The Balaban J connectivity index is 2.85. The third-order valence-electron chi connectivity index (χ3n) is 2.59. The average molecular weight is 246 g/mol. The van der Waals surface area contributed by atoms with E-state index in [0.29, 0.717) is 26.4 Å². The lowest BCUT2D eigenvalue weighted by Crippen LogP contribution is -2.09. The Bertz CT molecular complexity index is 115. The first-order valence-electron chi connectivity index (χ1n) is 7.15. The average Bonchev–Trinajstić information content (AvgIpc) is 2.35. The van der Waals surface area contributed by atoms with Crippen molar-refractivity contribution < 1.29 is 14.2 Å². The molecule has 0 aliphatic carbocycles. The van der Waals surface area contributed by atoms with Gasteiger partial charge in [-0.2, -0.15) is 0 Å². The van der Waals surface area contributed by atoms with Crippen molar-refractivity contribution in [3.63, 3.8) is 0 Å². The number of hydrogen-bond donors (Lipinski definition) is 0. The number of unbranched alkanes of at least 4 members (excludes halogenated alkanes) is 5. The van der Waals surface area contributed by atoms with E-state index in [-0.39, 0.29) is 0 Å². The smallest absolute Gasteiger partial charge is 0.0701 e. The second-order valence-corrected chi connectivity index (χ2v) is 4.19. The van der Waals surface area contributed by atoms with Gasteiger partial charge in [0.15, 0.2) is 0 Å². The van der Waals surface area contributed by atoms with Gasteiger partial charge in [-0.15, -0.1) is 0 Å². The molecule has 0 radical (unpaired) electrons. The third-order valence-corrected chi connectivity index (χ3v) is 2.59. The van der Waals surface area contributed by atoms with Crippen LogP contribution in [0.3, 0.4) is 0 Å². The predicted molar refractivity (Wildman–Crippen MR) is 71.5 cm³/mol. The highest BCUT2D eigenvalue weighted by atomic mass is 16.5. The Labute approximate surface area is 107 Å². The lowest BCUT2D eigenvalue weighted by Gasteiger charge is -2.06. The van der Waals surface area contributed by atoms with Crippen molar-refractivity contribution in [2.24, 2.45) is 0 Å². The molecule has 0 rings (SSSR count). The van der Waals surface area contributed by atoms with Crippen molar-refractivity contribution in [2.45, 2.75) is 52.4 Å². The van der Waals surface area contributed by atoms with Gasteiger partial charge in [-0.25, -0.2) is 0 Å². The lowest BCUT2D eigenvalue weighted by atomic mass is 10.1. The van der Waals surface area contributed by atoms with E-state index in [1.165, 1.54) is 38.5 Å². The largest absolute Gasteiger partial charge is 0.379 e. The fraction of sp³-hybridized carbons (Fsp3) is 1.00. The Hall–Kier alpha value is -0.120. The van der Waals surface area contributed by atoms with Gasteiger partial charge in [0.25, 0.3) is 0 Å². The predicted octanol–water partition coefficient (Wildman–Crippen LogP) is 3.42. The van der Waals surface area contributed by atoms with Crippen LogP contribution in [0.2, 0.25) is 0 Å². The van der Waals surface area contributed by atoms with E-state index in [0.717, 1.165) is 13.2 Å². The summed E-state index contributed by atoms with van der Waals surface area (Å²) in [6.07, 6.45) is 7.89. The molecule has 0 aromatic carbocycles. The van der Waals surface area contributed by atoms with Crippen LogP contribution in [-0.4, -0.2) is 39.6 Å². The van der Waals surface area contributed by atoms with Gasteiger partial charge in [-0.3, -0.25) is 0 Å². The fourth-order valence-corrected chi connectivity index (χ4v) is 1.57. The molecule has 0 bridgehead atoms.